The first kappa shape index (κ1) is 19.5. The molecule has 0 aromatic heterocycles. The number of benzene rings is 2. The fraction of sp³-hybridized carbons (Fsp3) is 0.316. The van der Waals surface area contributed by atoms with Crippen LogP contribution in [0.3, 0.4) is 0 Å². The third-order valence-electron chi connectivity index (χ3n) is 4.16. The molecule has 1 aliphatic carbocycles. The number of aliphatic imine (C=N–C) groups is 1. The molecule has 0 radical (unpaired) electrons. The van der Waals surface area contributed by atoms with Gasteiger partial charge in [-0.25, -0.2) is 9.38 Å². The summed E-state index contributed by atoms with van der Waals surface area (Å²) in [5.74, 6) is 1.67. The highest BCUT2D eigenvalue weighted by Crippen LogP contribution is 2.27. The molecule has 1 saturated carbocycles. The van der Waals surface area contributed by atoms with Crippen molar-refractivity contribution in [1.29, 1.82) is 0 Å². The first-order chi connectivity index (χ1) is 11.5. The average molecular weight is 455 g/mol. The highest BCUT2D eigenvalue weighted by Gasteiger charge is 2.27. The molecule has 25 heavy (non-hydrogen) atoms. The minimum Gasteiger partial charge on any atom is -0.457 e. The Hall–Kier alpha value is -1.83. The Bertz CT molecular complexity index is 745. The summed E-state index contributed by atoms with van der Waals surface area (Å²) in [5.41, 5.74) is 8.09. The summed E-state index contributed by atoms with van der Waals surface area (Å²) in [7, 11) is 1.99. The van der Waals surface area contributed by atoms with Crippen LogP contribution in [0.15, 0.2) is 47.5 Å². The highest BCUT2D eigenvalue weighted by atomic mass is 127. The lowest BCUT2D eigenvalue weighted by atomic mass is 10.1. The van der Waals surface area contributed by atoms with Crippen molar-refractivity contribution < 1.29 is 9.13 Å². The second-order valence-corrected chi connectivity index (χ2v) is 6.17. The van der Waals surface area contributed by atoms with Crippen molar-refractivity contribution in [3.05, 3.63) is 59.4 Å². The number of rotatable bonds is 5. The van der Waals surface area contributed by atoms with Crippen molar-refractivity contribution in [3.8, 4) is 11.5 Å². The SMILES string of the molecule is Cc1cc(CN=C(N)N(C)C2CC2)ccc1Oc1ccc(F)cc1.I. The molecular formula is C19H23FIN3O. The van der Waals surface area contributed by atoms with E-state index in [4.69, 9.17) is 10.5 Å². The molecule has 0 amide bonds. The molecule has 2 aromatic rings. The molecule has 0 atom stereocenters. The fourth-order valence-electron chi connectivity index (χ4n) is 2.49. The van der Waals surface area contributed by atoms with E-state index in [1.807, 2.05) is 37.1 Å². The molecule has 0 heterocycles. The van der Waals surface area contributed by atoms with Crippen molar-refractivity contribution in [2.45, 2.75) is 32.4 Å². The number of aryl methyl sites for hydroxylation is 1. The van der Waals surface area contributed by atoms with Crippen LogP contribution >= 0.6 is 24.0 Å². The Kier molecular flexibility index (Phi) is 6.64. The van der Waals surface area contributed by atoms with Gasteiger partial charge in [0.05, 0.1) is 6.54 Å². The van der Waals surface area contributed by atoms with E-state index >= 15 is 0 Å². The number of halogens is 2. The zero-order valence-electron chi connectivity index (χ0n) is 14.4. The maximum atomic E-state index is 12.9. The van der Waals surface area contributed by atoms with E-state index in [-0.39, 0.29) is 29.8 Å². The predicted octanol–water partition coefficient (Wildman–Crippen LogP) is 4.45. The summed E-state index contributed by atoms with van der Waals surface area (Å²) in [5, 5.41) is 0. The van der Waals surface area contributed by atoms with Crippen LogP contribution in [0, 0.1) is 12.7 Å². The van der Waals surface area contributed by atoms with Crippen molar-refractivity contribution >= 4 is 29.9 Å². The first-order valence-corrected chi connectivity index (χ1v) is 8.08. The average Bonchev–Trinajstić information content (AvgIpc) is 3.41. The Morgan fingerprint density at radius 1 is 1.24 bits per heavy atom. The van der Waals surface area contributed by atoms with Gasteiger partial charge in [-0.15, -0.1) is 24.0 Å². The summed E-state index contributed by atoms with van der Waals surface area (Å²) in [6.07, 6.45) is 2.39. The van der Waals surface area contributed by atoms with Crippen LogP contribution in [-0.4, -0.2) is 23.9 Å². The molecule has 0 spiro atoms. The lowest BCUT2D eigenvalue weighted by Gasteiger charge is -2.17. The third kappa shape index (κ3) is 5.32. The van der Waals surface area contributed by atoms with Crippen LogP contribution in [-0.2, 0) is 6.54 Å². The van der Waals surface area contributed by atoms with Gasteiger partial charge in [-0.3, -0.25) is 0 Å². The summed E-state index contributed by atoms with van der Waals surface area (Å²) >= 11 is 0. The minimum atomic E-state index is -0.277. The van der Waals surface area contributed by atoms with Crippen molar-refractivity contribution in [2.24, 2.45) is 10.7 Å². The smallest absolute Gasteiger partial charge is 0.191 e. The van der Waals surface area contributed by atoms with E-state index in [2.05, 4.69) is 4.99 Å². The van der Waals surface area contributed by atoms with Crippen LogP contribution in [0.4, 0.5) is 4.39 Å². The van der Waals surface area contributed by atoms with Crippen molar-refractivity contribution in [3.63, 3.8) is 0 Å². The molecule has 3 rings (SSSR count). The van der Waals surface area contributed by atoms with E-state index < -0.39 is 0 Å². The Balaban J connectivity index is 0.00000225. The monoisotopic (exact) mass is 455 g/mol. The minimum absolute atomic E-state index is 0. The van der Waals surface area contributed by atoms with Crippen LogP contribution in [0.5, 0.6) is 11.5 Å². The molecule has 4 nitrogen and oxygen atoms in total. The van der Waals surface area contributed by atoms with Gasteiger partial charge in [0.25, 0.3) is 0 Å². The third-order valence-corrected chi connectivity index (χ3v) is 4.16. The van der Waals surface area contributed by atoms with E-state index in [1.54, 1.807) is 12.1 Å². The number of ether oxygens (including phenoxy) is 1. The van der Waals surface area contributed by atoms with Gasteiger partial charge < -0.3 is 15.4 Å². The number of nitrogens with two attached hydrogens (primary N) is 1. The Labute approximate surface area is 164 Å². The van der Waals surface area contributed by atoms with E-state index in [0.717, 1.165) is 16.9 Å². The molecule has 6 heteroatoms. The van der Waals surface area contributed by atoms with Gasteiger partial charge in [0.15, 0.2) is 5.96 Å². The molecule has 0 aliphatic heterocycles. The maximum Gasteiger partial charge on any atom is 0.191 e. The maximum absolute atomic E-state index is 12.9. The molecule has 2 aromatic carbocycles. The molecule has 0 bridgehead atoms. The van der Waals surface area contributed by atoms with Crippen LogP contribution in [0.25, 0.3) is 0 Å². The van der Waals surface area contributed by atoms with Gasteiger partial charge in [-0.05, 0) is 61.2 Å². The summed E-state index contributed by atoms with van der Waals surface area (Å²) in [6, 6.07) is 12.5. The molecule has 2 N–H and O–H groups in total. The highest BCUT2D eigenvalue weighted by molar-refractivity contribution is 14.0. The van der Waals surface area contributed by atoms with Crippen LogP contribution < -0.4 is 10.5 Å². The van der Waals surface area contributed by atoms with Gasteiger partial charge >= 0.3 is 0 Å². The van der Waals surface area contributed by atoms with E-state index in [1.165, 1.54) is 25.0 Å². The molecule has 1 fully saturated rings. The lowest BCUT2D eigenvalue weighted by molar-refractivity contribution is 0.476. The van der Waals surface area contributed by atoms with E-state index in [9.17, 15) is 4.39 Å². The van der Waals surface area contributed by atoms with E-state index in [0.29, 0.717) is 24.3 Å². The number of hydrogen-bond donors (Lipinski definition) is 1. The van der Waals surface area contributed by atoms with Gasteiger partial charge in [0, 0.05) is 13.1 Å². The standard InChI is InChI=1S/C19H22FN3O.HI/c1-13-11-14(12-22-19(21)23(2)16-6-7-16)3-10-18(13)24-17-8-4-15(20)5-9-17;/h3-5,8-11,16H,6-7,12H2,1-2H3,(H2,21,22);1H. The van der Waals surface area contributed by atoms with Gasteiger partial charge in [-0.1, -0.05) is 12.1 Å². The number of nitrogens with zero attached hydrogens (tertiary/aromatic N) is 2. The second kappa shape index (κ2) is 8.51. The quantitative estimate of drug-likeness (QED) is 0.412. The van der Waals surface area contributed by atoms with Gasteiger partial charge in [0.2, 0.25) is 0 Å². The second-order valence-electron chi connectivity index (χ2n) is 6.17. The molecule has 0 saturated heterocycles. The Morgan fingerprint density at radius 2 is 1.92 bits per heavy atom. The van der Waals surface area contributed by atoms with Gasteiger partial charge in [0.1, 0.15) is 17.3 Å². The number of hydrogen-bond acceptors (Lipinski definition) is 2. The first-order valence-electron chi connectivity index (χ1n) is 8.08. The van der Waals surface area contributed by atoms with Crippen LogP contribution in [0.2, 0.25) is 0 Å². The largest absolute Gasteiger partial charge is 0.457 e. The summed E-state index contributed by atoms with van der Waals surface area (Å²) in [6.45, 7) is 2.52. The lowest BCUT2D eigenvalue weighted by Crippen LogP contribution is -2.35. The fourth-order valence-corrected chi connectivity index (χ4v) is 2.49. The van der Waals surface area contributed by atoms with Crippen molar-refractivity contribution in [1.82, 2.24) is 4.90 Å². The predicted molar refractivity (Wildman–Crippen MR) is 109 cm³/mol. The molecule has 134 valence electrons. The van der Waals surface area contributed by atoms with Crippen molar-refractivity contribution in [2.75, 3.05) is 7.05 Å². The normalized spacial score (nSPS) is 14.0. The molecule has 0 unspecified atom stereocenters. The van der Waals surface area contributed by atoms with Gasteiger partial charge in [-0.2, -0.15) is 0 Å². The summed E-state index contributed by atoms with van der Waals surface area (Å²) in [4.78, 5) is 6.50. The zero-order chi connectivity index (χ0) is 17.1. The topological polar surface area (TPSA) is 50.8 Å². The summed E-state index contributed by atoms with van der Waals surface area (Å²) < 4.78 is 18.7. The zero-order valence-corrected chi connectivity index (χ0v) is 16.7. The number of guanidine groups is 1. The molecule has 1 aliphatic rings. The Morgan fingerprint density at radius 3 is 2.52 bits per heavy atom. The van der Waals surface area contributed by atoms with Crippen LogP contribution in [0.1, 0.15) is 24.0 Å². The molecular weight excluding hydrogens is 432 g/mol.